The summed E-state index contributed by atoms with van der Waals surface area (Å²) < 4.78 is 1.38. The number of nitrogens with one attached hydrogen (secondary N) is 1. The minimum atomic E-state index is -0.259. The van der Waals surface area contributed by atoms with Gasteiger partial charge in [0.2, 0.25) is 0 Å². The molecule has 0 unspecified atom stereocenters. The third-order valence-corrected chi connectivity index (χ3v) is 2.91. The Morgan fingerprint density at radius 2 is 2.21 bits per heavy atom. The molecule has 1 N–H and O–H groups in total. The molecule has 0 atom stereocenters. The van der Waals surface area contributed by atoms with Crippen molar-refractivity contribution in [3.05, 3.63) is 33.2 Å². The van der Waals surface area contributed by atoms with E-state index >= 15 is 0 Å². The van der Waals surface area contributed by atoms with Crippen LogP contribution in [0.1, 0.15) is 13.8 Å². The van der Waals surface area contributed by atoms with Crippen molar-refractivity contribution in [3.8, 4) is 0 Å². The van der Waals surface area contributed by atoms with E-state index in [4.69, 9.17) is 11.6 Å². The molecule has 0 aliphatic heterocycles. The van der Waals surface area contributed by atoms with Crippen LogP contribution in [-0.4, -0.2) is 41.9 Å². The van der Waals surface area contributed by atoms with Gasteiger partial charge in [0.15, 0.2) is 0 Å². The van der Waals surface area contributed by atoms with E-state index < -0.39 is 0 Å². The molecule has 0 aliphatic rings. The molecule has 0 saturated carbocycles. The summed E-state index contributed by atoms with van der Waals surface area (Å²) in [6.07, 6.45) is 3.62. The number of rotatable bonds is 6. The van der Waals surface area contributed by atoms with Gasteiger partial charge in [-0.3, -0.25) is 4.79 Å². The van der Waals surface area contributed by atoms with E-state index in [1.54, 1.807) is 6.20 Å². The van der Waals surface area contributed by atoms with Gasteiger partial charge in [-0.05, 0) is 27.9 Å². The van der Waals surface area contributed by atoms with Gasteiger partial charge in [-0.15, -0.1) is 0 Å². The molecule has 0 radical (unpaired) electrons. The Kier molecular flexibility index (Phi) is 6.05. The van der Waals surface area contributed by atoms with Crippen molar-refractivity contribution in [2.75, 3.05) is 32.5 Å². The number of hydrogen-bond donors (Lipinski definition) is 1. The molecule has 0 spiro atoms. The second-order valence-corrected chi connectivity index (χ2v) is 5.24. The molecule has 0 saturated heterocycles. The number of anilines is 1. The minimum Gasteiger partial charge on any atom is -0.379 e. The normalized spacial score (nSPS) is 10.6. The Morgan fingerprint density at radius 1 is 1.53 bits per heavy atom. The van der Waals surface area contributed by atoms with Gasteiger partial charge in [-0.25, -0.2) is 4.68 Å². The van der Waals surface area contributed by atoms with E-state index in [9.17, 15) is 4.79 Å². The lowest BCUT2D eigenvalue weighted by Gasteiger charge is -2.12. The molecular weight excluding hydrogens is 264 g/mol. The number of likely N-dealkylation sites (N-methyl/N-ethyl adjacent to an activating group) is 1. The summed E-state index contributed by atoms with van der Waals surface area (Å²) in [7, 11) is 3.89. The van der Waals surface area contributed by atoms with Crippen LogP contribution >= 0.6 is 11.6 Å². The van der Waals surface area contributed by atoms with Crippen molar-refractivity contribution in [1.82, 2.24) is 14.7 Å². The SMILES string of the molecule is CC(C)=CCNc1cnn(CCN(C)C)c(=O)c1Cl. The largest absolute Gasteiger partial charge is 0.379 e. The monoisotopic (exact) mass is 284 g/mol. The zero-order chi connectivity index (χ0) is 14.4. The Bertz CT molecular complexity index is 504. The topological polar surface area (TPSA) is 50.2 Å². The van der Waals surface area contributed by atoms with Crippen molar-refractivity contribution in [1.29, 1.82) is 0 Å². The van der Waals surface area contributed by atoms with Crippen LogP contribution in [0.5, 0.6) is 0 Å². The number of allylic oxidation sites excluding steroid dienone is 1. The number of nitrogens with zero attached hydrogens (tertiary/aromatic N) is 3. The Morgan fingerprint density at radius 3 is 2.79 bits per heavy atom. The first kappa shape index (κ1) is 15.7. The summed E-state index contributed by atoms with van der Waals surface area (Å²) in [5.41, 5.74) is 1.52. The third-order valence-electron chi connectivity index (χ3n) is 2.55. The molecule has 1 aromatic heterocycles. The Balaban J connectivity index is 2.80. The summed E-state index contributed by atoms with van der Waals surface area (Å²) in [5, 5.41) is 7.39. The zero-order valence-corrected chi connectivity index (χ0v) is 12.7. The Hall–Kier alpha value is -1.33. The lowest BCUT2D eigenvalue weighted by molar-refractivity contribution is 0.367. The molecule has 1 aromatic rings. The van der Waals surface area contributed by atoms with Gasteiger partial charge in [0, 0.05) is 13.1 Å². The minimum absolute atomic E-state index is 0.191. The molecule has 1 rings (SSSR count). The average molecular weight is 285 g/mol. The highest BCUT2D eigenvalue weighted by atomic mass is 35.5. The first-order chi connectivity index (χ1) is 8.91. The molecule has 106 valence electrons. The van der Waals surface area contributed by atoms with Crippen LogP contribution in [-0.2, 0) is 6.54 Å². The predicted octanol–water partition coefficient (Wildman–Crippen LogP) is 1.84. The number of halogens is 1. The summed E-state index contributed by atoms with van der Waals surface area (Å²) >= 11 is 6.06. The molecular formula is C13H21ClN4O. The fraction of sp³-hybridized carbons (Fsp3) is 0.538. The van der Waals surface area contributed by atoms with Gasteiger partial charge in [0.05, 0.1) is 18.4 Å². The fourth-order valence-corrected chi connectivity index (χ4v) is 1.62. The molecule has 0 fully saturated rings. The molecule has 1 heterocycles. The first-order valence-corrected chi connectivity index (χ1v) is 6.57. The smallest absolute Gasteiger partial charge is 0.287 e. The van der Waals surface area contributed by atoms with E-state index in [0.717, 1.165) is 6.54 Å². The number of aromatic nitrogens is 2. The van der Waals surface area contributed by atoms with E-state index in [0.29, 0.717) is 18.8 Å². The van der Waals surface area contributed by atoms with Gasteiger partial charge in [0.1, 0.15) is 5.02 Å². The highest BCUT2D eigenvalue weighted by Crippen LogP contribution is 2.14. The van der Waals surface area contributed by atoms with Crippen molar-refractivity contribution in [3.63, 3.8) is 0 Å². The molecule has 0 bridgehead atoms. The average Bonchev–Trinajstić information content (AvgIpc) is 2.33. The maximum atomic E-state index is 12.0. The van der Waals surface area contributed by atoms with Crippen LogP contribution in [0.25, 0.3) is 0 Å². The Labute approximate surface area is 118 Å². The van der Waals surface area contributed by atoms with Crippen molar-refractivity contribution in [2.24, 2.45) is 0 Å². The molecule has 6 heteroatoms. The maximum absolute atomic E-state index is 12.0. The first-order valence-electron chi connectivity index (χ1n) is 6.19. The van der Waals surface area contributed by atoms with E-state index in [2.05, 4.69) is 10.4 Å². The standard InChI is InChI=1S/C13H21ClN4O/c1-10(2)5-6-15-11-9-16-18(8-7-17(3)4)13(19)12(11)14/h5,9,15H,6-8H2,1-4H3. The molecule has 0 amide bonds. The second kappa shape index (κ2) is 7.31. The van der Waals surface area contributed by atoms with Crippen LogP contribution in [0, 0.1) is 0 Å². The highest BCUT2D eigenvalue weighted by molar-refractivity contribution is 6.32. The summed E-state index contributed by atoms with van der Waals surface area (Å²) in [5.74, 6) is 0. The van der Waals surface area contributed by atoms with Crippen molar-refractivity contribution < 1.29 is 0 Å². The molecule has 5 nitrogen and oxygen atoms in total. The van der Waals surface area contributed by atoms with E-state index in [-0.39, 0.29) is 10.6 Å². The molecule has 0 aliphatic carbocycles. The van der Waals surface area contributed by atoms with Crippen molar-refractivity contribution in [2.45, 2.75) is 20.4 Å². The summed E-state index contributed by atoms with van der Waals surface area (Å²) in [4.78, 5) is 14.0. The highest BCUT2D eigenvalue weighted by Gasteiger charge is 2.08. The molecule has 0 aromatic carbocycles. The third kappa shape index (κ3) is 5.04. The summed E-state index contributed by atoms with van der Waals surface area (Å²) in [6, 6.07) is 0. The van der Waals surface area contributed by atoms with Crippen LogP contribution in [0.15, 0.2) is 22.6 Å². The van der Waals surface area contributed by atoms with Gasteiger partial charge in [-0.2, -0.15) is 5.10 Å². The predicted molar refractivity (Wildman–Crippen MR) is 80.0 cm³/mol. The summed E-state index contributed by atoms with van der Waals surface area (Å²) in [6.45, 7) is 5.93. The van der Waals surface area contributed by atoms with E-state index in [1.807, 2.05) is 38.9 Å². The zero-order valence-electron chi connectivity index (χ0n) is 11.9. The van der Waals surface area contributed by atoms with Gasteiger partial charge < -0.3 is 10.2 Å². The lowest BCUT2D eigenvalue weighted by atomic mass is 10.3. The van der Waals surface area contributed by atoms with Crippen LogP contribution < -0.4 is 10.9 Å². The van der Waals surface area contributed by atoms with Gasteiger partial charge in [-0.1, -0.05) is 23.3 Å². The van der Waals surface area contributed by atoms with Crippen LogP contribution in [0.3, 0.4) is 0 Å². The van der Waals surface area contributed by atoms with E-state index in [1.165, 1.54) is 10.3 Å². The van der Waals surface area contributed by atoms with Gasteiger partial charge >= 0.3 is 0 Å². The van der Waals surface area contributed by atoms with Crippen LogP contribution in [0.4, 0.5) is 5.69 Å². The number of hydrogen-bond acceptors (Lipinski definition) is 4. The van der Waals surface area contributed by atoms with Gasteiger partial charge in [0.25, 0.3) is 5.56 Å². The quantitative estimate of drug-likeness (QED) is 0.810. The second-order valence-electron chi connectivity index (χ2n) is 4.87. The van der Waals surface area contributed by atoms with Crippen molar-refractivity contribution >= 4 is 17.3 Å². The lowest BCUT2D eigenvalue weighted by Crippen LogP contribution is -2.29. The molecule has 19 heavy (non-hydrogen) atoms. The maximum Gasteiger partial charge on any atom is 0.287 e. The van der Waals surface area contributed by atoms with Crippen LogP contribution in [0.2, 0.25) is 5.02 Å². The fourth-order valence-electron chi connectivity index (χ4n) is 1.41.